The maximum atomic E-state index is 5.63. The lowest BCUT2D eigenvalue weighted by Crippen LogP contribution is -2.21. The van der Waals surface area contributed by atoms with Gasteiger partial charge in [-0.15, -0.1) is 0 Å². The van der Waals surface area contributed by atoms with Crippen molar-refractivity contribution < 1.29 is 9.31 Å². The molecule has 2 rings (SSSR count). The lowest BCUT2D eigenvalue weighted by molar-refractivity contribution is 0.517. The van der Waals surface area contributed by atoms with E-state index in [2.05, 4.69) is 13.0 Å². The number of benzene rings is 1. The van der Waals surface area contributed by atoms with Gasteiger partial charge in [-0.25, -0.2) is 0 Å². The highest BCUT2D eigenvalue weighted by Crippen LogP contribution is 2.32. The van der Waals surface area contributed by atoms with Gasteiger partial charge in [-0.1, -0.05) is 44.4 Å². The molecular formula is C14H19BO2. The molecule has 1 heterocycles. The highest BCUT2D eigenvalue weighted by molar-refractivity contribution is 6.53. The number of fused-ring (bicyclic) bond motifs is 1. The summed E-state index contributed by atoms with van der Waals surface area (Å²) in [6.07, 6.45) is 8.45. The molecule has 0 unspecified atom stereocenters. The van der Waals surface area contributed by atoms with E-state index in [4.69, 9.17) is 9.31 Å². The molecule has 1 aromatic carbocycles. The van der Waals surface area contributed by atoms with Crippen LogP contribution in [0.25, 0.3) is 0 Å². The average molecular weight is 230 g/mol. The summed E-state index contributed by atoms with van der Waals surface area (Å²) in [5.41, 5.74) is 0. The Morgan fingerprint density at radius 2 is 1.76 bits per heavy atom. The number of allylic oxidation sites excluding steroid dienone is 1. The molecule has 0 radical (unpaired) electrons. The molecule has 3 heteroatoms. The van der Waals surface area contributed by atoms with Gasteiger partial charge in [0.25, 0.3) is 0 Å². The van der Waals surface area contributed by atoms with Crippen molar-refractivity contribution in [1.29, 1.82) is 0 Å². The van der Waals surface area contributed by atoms with E-state index in [1.807, 2.05) is 30.2 Å². The van der Waals surface area contributed by atoms with Crippen molar-refractivity contribution >= 4 is 7.12 Å². The smallest absolute Gasteiger partial charge is 0.520 e. The van der Waals surface area contributed by atoms with Crippen LogP contribution in [-0.4, -0.2) is 7.12 Å². The van der Waals surface area contributed by atoms with E-state index >= 15 is 0 Å². The van der Waals surface area contributed by atoms with Gasteiger partial charge in [-0.05, 0) is 30.9 Å². The molecule has 0 aromatic heterocycles. The van der Waals surface area contributed by atoms with Gasteiger partial charge in [0.15, 0.2) is 0 Å². The highest BCUT2D eigenvalue weighted by atomic mass is 16.6. The van der Waals surface area contributed by atoms with Crippen LogP contribution in [0.2, 0.25) is 0 Å². The van der Waals surface area contributed by atoms with Crippen molar-refractivity contribution in [1.82, 2.24) is 0 Å². The van der Waals surface area contributed by atoms with Crippen molar-refractivity contribution in [3.05, 3.63) is 36.3 Å². The second-order valence-electron chi connectivity index (χ2n) is 4.33. The summed E-state index contributed by atoms with van der Waals surface area (Å²) in [5, 5.41) is 0. The lowest BCUT2D eigenvalue weighted by Gasteiger charge is -1.98. The van der Waals surface area contributed by atoms with E-state index in [0.29, 0.717) is 0 Å². The van der Waals surface area contributed by atoms with Gasteiger partial charge in [0.1, 0.15) is 11.5 Å². The summed E-state index contributed by atoms with van der Waals surface area (Å²) in [7, 11) is -0.237. The first-order chi connectivity index (χ1) is 8.40. The van der Waals surface area contributed by atoms with Crippen LogP contribution < -0.4 is 9.31 Å². The molecular weight excluding hydrogens is 211 g/mol. The normalized spacial score (nSPS) is 13.6. The largest absolute Gasteiger partial charge is 0.624 e. The molecule has 1 aliphatic rings. The van der Waals surface area contributed by atoms with Crippen LogP contribution >= 0.6 is 0 Å². The number of unbranched alkanes of at least 4 members (excludes halogenated alkanes) is 4. The molecule has 0 aliphatic carbocycles. The fraction of sp³-hybridized carbons (Fsp3) is 0.429. The maximum Gasteiger partial charge on any atom is 0.624 e. The Balaban J connectivity index is 1.70. The van der Waals surface area contributed by atoms with Crippen LogP contribution in [0.1, 0.15) is 39.0 Å². The molecule has 2 nitrogen and oxygen atoms in total. The summed E-state index contributed by atoms with van der Waals surface area (Å²) in [4.78, 5) is 0. The Morgan fingerprint density at radius 1 is 1.06 bits per heavy atom. The Hall–Kier alpha value is -1.38. The first-order valence-corrected chi connectivity index (χ1v) is 6.49. The van der Waals surface area contributed by atoms with Crippen LogP contribution in [0.15, 0.2) is 36.3 Å². The first-order valence-electron chi connectivity index (χ1n) is 6.49. The molecule has 0 saturated heterocycles. The van der Waals surface area contributed by atoms with Gasteiger partial charge in [0.2, 0.25) is 0 Å². The fourth-order valence-corrected chi connectivity index (χ4v) is 1.89. The standard InChI is InChI=1S/C14H19BO2/c1-2-3-4-5-6-9-12-15-16-13-10-7-8-11-14(13)17-15/h7-12H,2-6H2,1H3/b12-9+. The van der Waals surface area contributed by atoms with Crippen molar-refractivity contribution in [2.45, 2.75) is 39.0 Å². The van der Waals surface area contributed by atoms with Gasteiger partial charge in [0, 0.05) is 0 Å². The number of para-hydroxylation sites is 2. The van der Waals surface area contributed by atoms with Crippen molar-refractivity contribution in [3.8, 4) is 11.5 Å². The van der Waals surface area contributed by atoms with Gasteiger partial charge < -0.3 is 9.31 Å². The maximum absolute atomic E-state index is 5.63. The molecule has 0 N–H and O–H groups in total. The fourth-order valence-electron chi connectivity index (χ4n) is 1.89. The summed E-state index contributed by atoms with van der Waals surface area (Å²) < 4.78 is 11.3. The molecule has 1 aliphatic heterocycles. The molecule has 0 fully saturated rings. The first kappa shape index (κ1) is 12.1. The minimum Gasteiger partial charge on any atom is -0.520 e. The Bertz CT molecular complexity index is 351. The zero-order valence-electron chi connectivity index (χ0n) is 10.4. The number of hydrogen-bond donors (Lipinski definition) is 0. The van der Waals surface area contributed by atoms with Crippen LogP contribution in [0.4, 0.5) is 0 Å². The topological polar surface area (TPSA) is 18.5 Å². The third-order valence-electron chi connectivity index (χ3n) is 2.85. The SMILES string of the molecule is CCCCCC/C=C/B1Oc2ccccc2O1. The van der Waals surface area contributed by atoms with Crippen LogP contribution in [0.3, 0.4) is 0 Å². The Morgan fingerprint density at radius 3 is 2.41 bits per heavy atom. The molecule has 0 spiro atoms. The van der Waals surface area contributed by atoms with E-state index in [1.165, 1.54) is 25.7 Å². The van der Waals surface area contributed by atoms with Gasteiger partial charge >= 0.3 is 7.12 Å². The minimum absolute atomic E-state index is 0.237. The second kappa shape index (κ2) is 6.38. The predicted molar refractivity (Wildman–Crippen MR) is 71.4 cm³/mol. The Labute approximate surface area is 104 Å². The quantitative estimate of drug-likeness (QED) is 0.543. The number of rotatable bonds is 6. The van der Waals surface area contributed by atoms with Crippen molar-refractivity contribution in [2.24, 2.45) is 0 Å². The molecule has 0 atom stereocenters. The molecule has 90 valence electrons. The lowest BCUT2D eigenvalue weighted by atomic mass is 9.90. The summed E-state index contributed by atoms with van der Waals surface area (Å²) in [6.45, 7) is 2.23. The summed E-state index contributed by atoms with van der Waals surface area (Å²) in [6, 6.07) is 7.78. The molecule has 17 heavy (non-hydrogen) atoms. The van der Waals surface area contributed by atoms with E-state index in [-0.39, 0.29) is 7.12 Å². The average Bonchev–Trinajstić information content (AvgIpc) is 2.76. The highest BCUT2D eigenvalue weighted by Gasteiger charge is 2.28. The summed E-state index contributed by atoms with van der Waals surface area (Å²) >= 11 is 0. The minimum atomic E-state index is -0.237. The van der Waals surface area contributed by atoms with E-state index < -0.39 is 0 Å². The van der Waals surface area contributed by atoms with Crippen LogP contribution in [0.5, 0.6) is 11.5 Å². The van der Waals surface area contributed by atoms with Crippen molar-refractivity contribution in [3.63, 3.8) is 0 Å². The van der Waals surface area contributed by atoms with Crippen LogP contribution in [0, 0.1) is 0 Å². The van der Waals surface area contributed by atoms with E-state index in [0.717, 1.165) is 17.9 Å². The molecule has 0 saturated carbocycles. The van der Waals surface area contributed by atoms with E-state index in [9.17, 15) is 0 Å². The molecule has 1 aromatic rings. The van der Waals surface area contributed by atoms with Crippen LogP contribution in [-0.2, 0) is 0 Å². The van der Waals surface area contributed by atoms with E-state index in [1.54, 1.807) is 0 Å². The molecule has 0 amide bonds. The van der Waals surface area contributed by atoms with Gasteiger partial charge in [-0.2, -0.15) is 0 Å². The monoisotopic (exact) mass is 230 g/mol. The summed E-state index contributed by atoms with van der Waals surface area (Å²) in [5.74, 6) is 3.69. The third-order valence-corrected chi connectivity index (χ3v) is 2.85. The second-order valence-corrected chi connectivity index (χ2v) is 4.33. The molecule has 0 bridgehead atoms. The Kier molecular flexibility index (Phi) is 4.54. The van der Waals surface area contributed by atoms with Gasteiger partial charge in [0.05, 0.1) is 0 Å². The van der Waals surface area contributed by atoms with Crippen molar-refractivity contribution in [2.75, 3.05) is 0 Å². The zero-order chi connectivity index (χ0) is 11.9. The predicted octanol–water partition coefficient (Wildman–Crippen LogP) is 4.01. The number of hydrogen-bond acceptors (Lipinski definition) is 2. The third kappa shape index (κ3) is 3.55. The zero-order valence-corrected chi connectivity index (χ0v) is 10.4. The van der Waals surface area contributed by atoms with Gasteiger partial charge in [-0.3, -0.25) is 0 Å².